The standard InChI is InChI=1S/C10H14N2O3S/c1-7(2)10(13)12-9-5-4-8(6-11-9)16(3,14)15/h4-7H,1-3H3,(H,11,12,13). The SMILES string of the molecule is CC(C)C(=O)Nc1ccc(S(C)(=O)=O)cn1. The van der Waals surface area contributed by atoms with Gasteiger partial charge in [0.05, 0.1) is 4.90 Å². The number of hydrogen-bond acceptors (Lipinski definition) is 4. The van der Waals surface area contributed by atoms with E-state index in [4.69, 9.17) is 0 Å². The van der Waals surface area contributed by atoms with E-state index in [1.165, 1.54) is 18.3 Å². The first-order valence-electron chi connectivity index (χ1n) is 4.77. The number of sulfone groups is 1. The summed E-state index contributed by atoms with van der Waals surface area (Å²) in [4.78, 5) is 15.3. The van der Waals surface area contributed by atoms with Gasteiger partial charge in [0, 0.05) is 18.4 Å². The molecule has 1 aromatic heterocycles. The van der Waals surface area contributed by atoms with Crippen LogP contribution in [0.5, 0.6) is 0 Å². The normalized spacial score (nSPS) is 11.5. The molecule has 0 bridgehead atoms. The molecule has 0 atom stereocenters. The molecule has 0 spiro atoms. The topological polar surface area (TPSA) is 76.1 Å². The molecular formula is C10H14N2O3S. The van der Waals surface area contributed by atoms with Crippen LogP contribution in [0.25, 0.3) is 0 Å². The van der Waals surface area contributed by atoms with Crippen LogP contribution in [0, 0.1) is 5.92 Å². The van der Waals surface area contributed by atoms with E-state index >= 15 is 0 Å². The van der Waals surface area contributed by atoms with Crippen molar-refractivity contribution in [1.82, 2.24) is 4.98 Å². The molecule has 0 saturated heterocycles. The van der Waals surface area contributed by atoms with Crippen LogP contribution in [0.4, 0.5) is 5.82 Å². The van der Waals surface area contributed by atoms with E-state index in [-0.39, 0.29) is 16.7 Å². The lowest BCUT2D eigenvalue weighted by Crippen LogP contribution is -2.18. The molecule has 0 radical (unpaired) electrons. The van der Waals surface area contributed by atoms with Gasteiger partial charge in [0.15, 0.2) is 9.84 Å². The fourth-order valence-corrected chi connectivity index (χ4v) is 1.50. The minimum Gasteiger partial charge on any atom is -0.310 e. The zero-order valence-corrected chi connectivity index (χ0v) is 10.2. The lowest BCUT2D eigenvalue weighted by atomic mass is 10.2. The summed E-state index contributed by atoms with van der Waals surface area (Å²) in [5.41, 5.74) is 0. The molecule has 0 aliphatic carbocycles. The molecule has 88 valence electrons. The minimum absolute atomic E-state index is 0.134. The molecule has 1 rings (SSSR count). The van der Waals surface area contributed by atoms with Crippen molar-refractivity contribution in [2.75, 3.05) is 11.6 Å². The Morgan fingerprint density at radius 1 is 1.38 bits per heavy atom. The van der Waals surface area contributed by atoms with Gasteiger partial charge in [-0.2, -0.15) is 0 Å². The molecular weight excluding hydrogens is 228 g/mol. The first kappa shape index (κ1) is 12.6. The van der Waals surface area contributed by atoms with Crippen molar-refractivity contribution in [2.24, 2.45) is 5.92 Å². The predicted molar refractivity (Wildman–Crippen MR) is 60.8 cm³/mol. The molecule has 1 aromatic rings. The first-order chi connectivity index (χ1) is 7.30. The largest absolute Gasteiger partial charge is 0.310 e. The fourth-order valence-electron chi connectivity index (χ4n) is 0.944. The highest BCUT2D eigenvalue weighted by Gasteiger charge is 2.10. The number of hydrogen-bond donors (Lipinski definition) is 1. The molecule has 0 aliphatic rings. The van der Waals surface area contributed by atoms with E-state index in [1.807, 2.05) is 0 Å². The van der Waals surface area contributed by atoms with E-state index in [9.17, 15) is 13.2 Å². The maximum atomic E-state index is 11.3. The van der Waals surface area contributed by atoms with Crippen LogP contribution >= 0.6 is 0 Å². The van der Waals surface area contributed by atoms with Gasteiger partial charge < -0.3 is 5.32 Å². The van der Waals surface area contributed by atoms with Crippen LogP contribution in [0.15, 0.2) is 23.2 Å². The number of amides is 1. The molecule has 0 unspecified atom stereocenters. The van der Waals surface area contributed by atoms with Crippen molar-refractivity contribution < 1.29 is 13.2 Å². The van der Waals surface area contributed by atoms with Crippen molar-refractivity contribution in [3.8, 4) is 0 Å². The van der Waals surface area contributed by atoms with Gasteiger partial charge in [-0.1, -0.05) is 13.8 Å². The van der Waals surface area contributed by atoms with E-state index in [2.05, 4.69) is 10.3 Å². The van der Waals surface area contributed by atoms with Crippen LogP contribution in [-0.2, 0) is 14.6 Å². The van der Waals surface area contributed by atoms with Gasteiger partial charge >= 0.3 is 0 Å². The van der Waals surface area contributed by atoms with Crippen LogP contribution in [-0.4, -0.2) is 25.6 Å². The number of carbonyl (C=O) groups excluding carboxylic acids is 1. The lowest BCUT2D eigenvalue weighted by molar-refractivity contribution is -0.118. The van der Waals surface area contributed by atoms with E-state index in [0.717, 1.165) is 6.26 Å². The fraction of sp³-hybridized carbons (Fsp3) is 0.400. The smallest absolute Gasteiger partial charge is 0.228 e. The highest BCUT2D eigenvalue weighted by molar-refractivity contribution is 7.90. The third-order valence-electron chi connectivity index (χ3n) is 1.94. The molecule has 0 saturated carbocycles. The van der Waals surface area contributed by atoms with Gasteiger partial charge in [0.1, 0.15) is 5.82 Å². The summed E-state index contributed by atoms with van der Waals surface area (Å²) in [5, 5.41) is 2.58. The Morgan fingerprint density at radius 3 is 2.38 bits per heavy atom. The molecule has 0 aliphatic heterocycles. The number of rotatable bonds is 3. The summed E-state index contributed by atoms with van der Waals surface area (Å²) in [6.07, 6.45) is 2.33. The summed E-state index contributed by atoms with van der Waals surface area (Å²) in [6, 6.07) is 2.88. The average molecular weight is 242 g/mol. The van der Waals surface area contributed by atoms with Gasteiger partial charge in [-0.3, -0.25) is 4.79 Å². The Kier molecular flexibility index (Phi) is 3.64. The van der Waals surface area contributed by atoms with Crippen molar-refractivity contribution in [3.05, 3.63) is 18.3 Å². The zero-order valence-electron chi connectivity index (χ0n) is 9.39. The minimum atomic E-state index is -3.24. The Bertz CT molecular complexity index is 477. The van der Waals surface area contributed by atoms with Gasteiger partial charge in [0.25, 0.3) is 0 Å². The second-order valence-corrected chi connectivity index (χ2v) is 5.81. The van der Waals surface area contributed by atoms with Crippen molar-refractivity contribution >= 4 is 21.6 Å². The maximum Gasteiger partial charge on any atom is 0.228 e. The van der Waals surface area contributed by atoms with E-state index < -0.39 is 9.84 Å². The van der Waals surface area contributed by atoms with E-state index in [1.54, 1.807) is 13.8 Å². The van der Waals surface area contributed by atoms with Gasteiger partial charge in [-0.25, -0.2) is 13.4 Å². The van der Waals surface area contributed by atoms with Crippen molar-refractivity contribution in [1.29, 1.82) is 0 Å². The van der Waals surface area contributed by atoms with Crippen LogP contribution < -0.4 is 5.32 Å². The second kappa shape index (κ2) is 4.61. The average Bonchev–Trinajstić information content (AvgIpc) is 2.17. The van der Waals surface area contributed by atoms with Gasteiger partial charge in [0.2, 0.25) is 5.91 Å². The molecule has 0 fully saturated rings. The number of pyridine rings is 1. The predicted octanol–water partition coefficient (Wildman–Crippen LogP) is 1.08. The van der Waals surface area contributed by atoms with Gasteiger partial charge in [-0.05, 0) is 12.1 Å². The zero-order chi connectivity index (χ0) is 12.3. The number of nitrogens with zero attached hydrogens (tertiary/aromatic N) is 1. The highest BCUT2D eigenvalue weighted by Crippen LogP contribution is 2.11. The Labute approximate surface area is 94.8 Å². The molecule has 1 N–H and O–H groups in total. The lowest BCUT2D eigenvalue weighted by Gasteiger charge is -2.06. The van der Waals surface area contributed by atoms with Crippen LogP contribution in [0.3, 0.4) is 0 Å². The Morgan fingerprint density at radius 2 is 2.00 bits per heavy atom. The summed E-state index contributed by atoms with van der Waals surface area (Å²) < 4.78 is 22.3. The molecule has 16 heavy (non-hydrogen) atoms. The summed E-state index contributed by atoms with van der Waals surface area (Å²) in [7, 11) is -3.24. The maximum absolute atomic E-state index is 11.3. The number of aromatic nitrogens is 1. The third kappa shape index (κ3) is 3.30. The Balaban J connectivity index is 2.84. The van der Waals surface area contributed by atoms with Crippen LogP contribution in [0.2, 0.25) is 0 Å². The monoisotopic (exact) mass is 242 g/mol. The number of anilines is 1. The van der Waals surface area contributed by atoms with E-state index in [0.29, 0.717) is 5.82 Å². The molecule has 5 nitrogen and oxygen atoms in total. The van der Waals surface area contributed by atoms with Crippen LogP contribution in [0.1, 0.15) is 13.8 Å². The third-order valence-corrected chi connectivity index (χ3v) is 3.04. The summed E-state index contributed by atoms with van der Waals surface area (Å²) in [5.74, 6) is 0.0575. The molecule has 1 amide bonds. The number of nitrogens with one attached hydrogen (secondary N) is 1. The van der Waals surface area contributed by atoms with Crippen molar-refractivity contribution in [3.63, 3.8) is 0 Å². The first-order valence-corrected chi connectivity index (χ1v) is 6.67. The second-order valence-electron chi connectivity index (χ2n) is 3.80. The highest BCUT2D eigenvalue weighted by atomic mass is 32.2. The number of carbonyl (C=O) groups is 1. The molecule has 1 heterocycles. The molecule has 6 heteroatoms. The Hall–Kier alpha value is -1.43. The molecule has 0 aromatic carbocycles. The quantitative estimate of drug-likeness (QED) is 0.860. The van der Waals surface area contributed by atoms with Crippen molar-refractivity contribution in [2.45, 2.75) is 18.7 Å². The summed E-state index contributed by atoms with van der Waals surface area (Å²) >= 11 is 0. The van der Waals surface area contributed by atoms with Gasteiger partial charge in [-0.15, -0.1) is 0 Å². The summed E-state index contributed by atoms with van der Waals surface area (Å²) in [6.45, 7) is 3.53.